The highest BCUT2D eigenvalue weighted by molar-refractivity contribution is 5.25. The molecule has 1 aliphatic carbocycles. The summed E-state index contributed by atoms with van der Waals surface area (Å²) in [4.78, 5) is 0. The topological polar surface area (TPSA) is 20.2 Å². The van der Waals surface area contributed by atoms with Gasteiger partial charge in [0.1, 0.15) is 5.75 Å². The quantitative estimate of drug-likeness (QED) is 0.631. The second-order valence-corrected chi connectivity index (χ2v) is 6.59. The Kier molecular flexibility index (Phi) is 6.42. The molecule has 1 fully saturated rings. The van der Waals surface area contributed by atoms with Gasteiger partial charge in [0.15, 0.2) is 0 Å². The number of unbranched alkanes of at least 4 members (excludes halogenated alkanes) is 2. The maximum atomic E-state index is 9.29. The molecular formula is C19H30O. The molecule has 0 aromatic heterocycles. The average Bonchev–Trinajstić information content (AvgIpc) is 2.48. The fourth-order valence-electron chi connectivity index (χ4n) is 3.53. The van der Waals surface area contributed by atoms with Gasteiger partial charge in [0, 0.05) is 0 Å². The van der Waals surface area contributed by atoms with Crippen LogP contribution in [0, 0.1) is 11.8 Å². The Balaban J connectivity index is 1.63. The van der Waals surface area contributed by atoms with Crippen molar-refractivity contribution in [2.75, 3.05) is 0 Å². The van der Waals surface area contributed by atoms with Gasteiger partial charge in [-0.15, -0.1) is 0 Å². The van der Waals surface area contributed by atoms with E-state index in [0.29, 0.717) is 5.75 Å². The van der Waals surface area contributed by atoms with E-state index in [2.05, 4.69) is 19.1 Å². The monoisotopic (exact) mass is 274 g/mol. The number of aryl methyl sites for hydroxylation is 1. The Morgan fingerprint density at radius 1 is 0.900 bits per heavy atom. The van der Waals surface area contributed by atoms with Crippen LogP contribution in [0.15, 0.2) is 24.3 Å². The molecule has 1 nitrogen and oxygen atoms in total. The van der Waals surface area contributed by atoms with Crippen LogP contribution in [0.1, 0.15) is 70.3 Å². The summed E-state index contributed by atoms with van der Waals surface area (Å²) in [5, 5.41) is 9.29. The number of phenolic OH excluding ortho intramolecular Hbond substituents is 1. The van der Waals surface area contributed by atoms with Crippen molar-refractivity contribution in [3.8, 4) is 5.75 Å². The Morgan fingerprint density at radius 3 is 2.10 bits per heavy atom. The minimum atomic E-state index is 0.376. The first kappa shape index (κ1) is 15.4. The Bertz CT molecular complexity index is 360. The van der Waals surface area contributed by atoms with Gasteiger partial charge >= 0.3 is 0 Å². The fourth-order valence-corrected chi connectivity index (χ4v) is 3.53. The molecule has 0 unspecified atom stereocenters. The van der Waals surface area contributed by atoms with Crippen LogP contribution in [0.4, 0.5) is 0 Å². The number of aromatic hydroxyl groups is 1. The standard InChI is InChI=1S/C19H30O/c1-2-3-4-5-16-6-8-17(9-7-16)10-11-18-12-14-19(20)15-13-18/h12-17,20H,2-11H2,1H3/t16-,17-. The lowest BCUT2D eigenvalue weighted by Crippen LogP contribution is -2.15. The molecule has 0 heterocycles. The number of hydrogen-bond acceptors (Lipinski definition) is 1. The first-order valence-electron chi connectivity index (χ1n) is 8.56. The molecule has 1 N–H and O–H groups in total. The largest absolute Gasteiger partial charge is 0.508 e. The van der Waals surface area contributed by atoms with Crippen LogP contribution in [-0.2, 0) is 6.42 Å². The number of benzene rings is 1. The molecule has 0 radical (unpaired) electrons. The minimum Gasteiger partial charge on any atom is -0.508 e. The van der Waals surface area contributed by atoms with Gasteiger partial charge in [-0.1, -0.05) is 70.4 Å². The van der Waals surface area contributed by atoms with Gasteiger partial charge in [0.2, 0.25) is 0 Å². The van der Waals surface area contributed by atoms with Gasteiger partial charge in [0.25, 0.3) is 0 Å². The van der Waals surface area contributed by atoms with Crippen molar-refractivity contribution >= 4 is 0 Å². The number of phenols is 1. The summed E-state index contributed by atoms with van der Waals surface area (Å²) in [5.41, 5.74) is 1.37. The summed E-state index contributed by atoms with van der Waals surface area (Å²) < 4.78 is 0. The Morgan fingerprint density at radius 2 is 1.50 bits per heavy atom. The van der Waals surface area contributed by atoms with Crippen LogP contribution >= 0.6 is 0 Å². The van der Waals surface area contributed by atoms with E-state index < -0.39 is 0 Å². The van der Waals surface area contributed by atoms with Gasteiger partial charge in [-0.2, -0.15) is 0 Å². The van der Waals surface area contributed by atoms with Crippen molar-refractivity contribution in [2.45, 2.75) is 71.1 Å². The molecule has 0 atom stereocenters. The summed E-state index contributed by atoms with van der Waals surface area (Å²) in [5.74, 6) is 2.33. The van der Waals surface area contributed by atoms with Gasteiger partial charge in [-0.25, -0.2) is 0 Å². The zero-order valence-electron chi connectivity index (χ0n) is 13.0. The molecule has 1 aromatic carbocycles. The number of rotatable bonds is 7. The lowest BCUT2D eigenvalue weighted by Gasteiger charge is -2.28. The molecule has 0 bridgehead atoms. The van der Waals surface area contributed by atoms with Crippen LogP contribution in [-0.4, -0.2) is 5.11 Å². The zero-order chi connectivity index (χ0) is 14.2. The predicted molar refractivity (Wildman–Crippen MR) is 86.0 cm³/mol. The van der Waals surface area contributed by atoms with E-state index in [0.717, 1.165) is 11.8 Å². The first-order valence-corrected chi connectivity index (χ1v) is 8.56. The molecular weight excluding hydrogens is 244 g/mol. The smallest absolute Gasteiger partial charge is 0.115 e. The van der Waals surface area contributed by atoms with E-state index in [1.807, 2.05) is 0 Å². The summed E-state index contributed by atoms with van der Waals surface area (Å²) in [7, 11) is 0. The predicted octanol–water partition coefficient (Wildman–Crippen LogP) is 5.71. The minimum absolute atomic E-state index is 0.376. The van der Waals surface area contributed by atoms with Crippen molar-refractivity contribution in [3.63, 3.8) is 0 Å². The van der Waals surface area contributed by atoms with Crippen molar-refractivity contribution in [1.82, 2.24) is 0 Å². The number of hydrogen-bond donors (Lipinski definition) is 1. The third kappa shape index (κ3) is 5.19. The second-order valence-electron chi connectivity index (χ2n) is 6.59. The summed E-state index contributed by atoms with van der Waals surface area (Å²) in [6.07, 6.45) is 14.0. The highest BCUT2D eigenvalue weighted by Crippen LogP contribution is 2.34. The molecule has 0 amide bonds. The van der Waals surface area contributed by atoms with E-state index in [4.69, 9.17) is 0 Å². The lowest BCUT2D eigenvalue weighted by atomic mass is 9.78. The highest BCUT2D eigenvalue weighted by Gasteiger charge is 2.20. The highest BCUT2D eigenvalue weighted by atomic mass is 16.3. The summed E-state index contributed by atoms with van der Waals surface area (Å²) in [6.45, 7) is 2.29. The third-order valence-corrected chi connectivity index (χ3v) is 4.96. The average molecular weight is 274 g/mol. The first-order chi connectivity index (χ1) is 9.78. The van der Waals surface area contributed by atoms with Gasteiger partial charge in [-0.3, -0.25) is 0 Å². The molecule has 112 valence electrons. The maximum Gasteiger partial charge on any atom is 0.115 e. The second kappa shape index (κ2) is 8.34. The Labute approximate surface area is 124 Å². The third-order valence-electron chi connectivity index (χ3n) is 4.96. The Hall–Kier alpha value is -0.980. The van der Waals surface area contributed by atoms with Gasteiger partial charge in [-0.05, 0) is 42.4 Å². The molecule has 0 spiro atoms. The summed E-state index contributed by atoms with van der Waals surface area (Å²) in [6, 6.07) is 7.73. The molecule has 1 saturated carbocycles. The van der Waals surface area contributed by atoms with Crippen LogP contribution < -0.4 is 0 Å². The van der Waals surface area contributed by atoms with E-state index in [1.54, 1.807) is 12.1 Å². The van der Waals surface area contributed by atoms with Gasteiger partial charge in [0.05, 0.1) is 0 Å². The van der Waals surface area contributed by atoms with E-state index in [-0.39, 0.29) is 0 Å². The fraction of sp³-hybridized carbons (Fsp3) is 0.684. The molecule has 0 saturated heterocycles. The SMILES string of the molecule is CCCCC[C@H]1CC[C@H](CCc2ccc(O)cc2)CC1. The molecule has 20 heavy (non-hydrogen) atoms. The van der Waals surface area contributed by atoms with E-state index in [1.165, 1.54) is 69.8 Å². The van der Waals surface area contributed by atoms with Crippen LogP contribution in [0.5, 0.6) is 5.75 Å². The van der Waals surface area contributed by atoms with Crippen molar-refractivity contribution < 1.29 is 5.11 Å². The van der Waals surface area contributed by atoms with Crippen molar-refractivity contribution in [3.05, 3.63) is 29.8 Å². The van der Waals surface area contributed by atoms with Crippen LogP contribution in [0.25, 0.3) is 0 Å². The van der Waals surface area contributed by atoms with Crippen LogP contribution in [0.2, 0.25) is 0 Å². The van der Waals surface area contributed by atoms with E-state index in [9.17, 15) is 5.11 Å². The zero-order valence-corrected chi connectivity index (χ0v) is 13.0. The van der Waals surface area contributed by atoms with Gasteiger partial charge < -0.3 is 5.11 Å². The summed E-state index contributed by atoms with van der Waals surface area (Å²) >= 11 is 0. The lowest BCUT2D eigenvalue weighted by molar-refractivity contribution is 0.249. The maximum absolute atomic E-state index is 9.29. The van der Waals surface area contributed by atoms with Crippen LogP contribution in [0.3, 0.4) is 0 Å². The molecule has 2 rings (SSSR count). The molecule has 1 aliphatic rings. The molecule has 1 heteroatoms. The normalized spacial score (nSPS) is 22.9. The molecule has 1 aromatic rings. The van der Waals surface area contributed by atoms with E-state index >= 15 is 0 Å². The molecule has 0 aliphatic heterocycles. The van der Waals surface area contributed by atoms with Crippen molar-refractivity contribution in [1.29, 1.82) is 0 Å². The van der Waals surface area contributed by atoms with Crippen molar-refractivity contribution in [2.24, 2.45) is 11.8 Å².